The molecule has 0 fully saturated rings. The number of ketones is 1. The van der Waals surface area contributed by atoms with Gasteiger partial charge in [-0.2, -0.15) is 13.2 Å². The van der Waals surface area contributed by atoms with Crippen molar-refractivity contribution in [3.8, 4) is 0 Å². The van der Waals surface area contributed by atoms with Crippen molar-refractivity contribution in [3.63, 3.8) is 0 Å². The van der Waals surface area contributed by atoms with Crippen LogP contribution in [0.15, 0.2) is 53.6 Å². The van der Waals surface area contributed by atoms with Gasteiger partial charge in [0.15, 0.2) is 5.78 Å². The highest BCUT2D eigenvalue weighted by atomic mass is 19.4. The maximum atomic E-state index is 13.0. The van der Waals surface area contributed by atoms with Crippen molar-refractivity contribution in [1.29, 1.82) is 0 Å². The number of allylic oxidation sites excluding steroid dienone is 3. The summed E-state index contributed by atoms with van der Waals surface area (Å²) in [5.74, 6) is -0.651. The first-order valence-electron chi connectivity index (χ1n) is 6.70. The fraction of sp³-hybridized carbons (Fsp3) is 0.312. The van der Waals surface area contributed by atoms with Crippen LogP contribution in [-0.4, -0.2) is 18.0 Å². The Bertz CT molecular complexity index is 573. The summed E-state index contributed by atoms with van der Waals surface area (Å²) in [4.78, 5) is 12.2. The molecule has 2 N–H and O–H groups in total. The van der Waals surface area contributed by atoms with Gasteiger partial charge < -0.3 is 5.73 Å². The molecular formula is C16H16F3NO. The highest BCUT2D eigenvalue weighted by Crippen LogP contribution is 2.35. The Morgan fingerprint density at radius 3 is 2.52 bits per heavy atom. The summed E-state index contributed by atoms with van der Waals surface area (Å²) < 4.78 is 38.9. The van der Waals surface area contributed by atoms with Crippen molar-refractivity contribution in [3.05, 3.63) is 59.2 Å². The van der Waals surface area contributed by atoms with Gasteiger partial charge in [-0.25, -0.2) is 0 Å². The molecule has 0 spiro atoms. The van der Waals surface area contributed by atoms with Gasteiger partial charge in [0.05, 0.1) is 6.04 Å². The van der Waals surface area contributed by atoms with E-state index in [2.05, 4.69) is 0 Å². The lowest BCUT2D eigenvalue weighted by molar-refractivity contribution is -0.118. The van der Waals surface area contributed by atoms with Crippen LogP contribution in [0.1, 0.15) is 18.4 Å². The van der Waals surface area contributed by atoms with Crippen LogP contribution in [0.3, 0.4) is 0 Å². The monoisotopic (exact) mass is 295 g/mol. The van der Waals surface area contributed by atoms with Crippen LogP contribution in [-0.2, 0) is 11.2 Å². The number of benzene rings is 1. The van der Waals surface area contributed by atoms with Crippen molar-refractivity contribution < 1.29 is 18.0 Å². The quantitative estimate of drug-likeness (QED) is 0.926. The van der Waals surface area contributed by atoms with Gasteiger partial charge in [-0.15, -0.1) is 0 Å². The van der Waals surface area contributed by atoms with E-state index in [4.69, 9.17) is 5.73 Å². The number of nitrogens with two attached hydrogens (primary N) is 1. The minimum absolute atomic E-state index is 0.168. The molecule has 0 aliphatic heterocycles. The summed E-state index contributed by atoms with van der Waals surface area (Å²) in [7, 11) is 0. The predicted octanol–water partition coefficient (Wildman–Crippen LogP) is 3.33. The zero-order valence-corrected chi connectivity index (χ0v) is 11.4. The topological polar surface area (TPSA) is 43.1 Å². The standard InChI is InChI=1S/C16H16F3NO/c17-16(18,19)13-9-5-4-8-12(13)15(21)14(20)10-11-6-2-1-3-7-11/h1-4,6-8,14H,5,9-10,20H2/t14-/m0/s1. The van der Waals surface area contributed by atoms with Crippen molar-refractivity contribution in [2.45, 2.75) is 31.5 Å². The van der Waals surface area contributed by atoms with E-state index in [0.29, 0.717) is 6.42 Å². The Morgan fingerprint density at radius 2 is 1.90 bits per heavy atom. The molecule has 0 aromatic heterocycles. The van der Waals surface area contributed by atoms with Gasteiger partial charge >= 0.3 is 6.18 Å². The third kappa shape index (κ3) is 3.82. The van der Waals surface area contributed by atoms with Crippen LogP contribution in [0.2, 0.25) is 0 Å². The molecule has 0 heterocycles. The maximum absolute atomic E-state index is 13.0. The third-order valence-corrected chi connectivity index (χ3v) is 3.41. The number of carbonyl (C=O) groups is 1. The first-order valence-corrected chi connectivity index (χ1v) is 6.70. The lowest BCUT2D eigenvalue weighted by Crippen LogP contribution is -2.35. The van der Waals surface area contributed by atoms with Crippen molar-refractivity contribution in [1.82, 2.24) is 0 Å². The summed E-state index contributed by atoms with van der Waals surface area (Å²) in [6.07, 6.45) is -1.31. The first kappa shape index (κ1) is 15.5. The first-order chi connectivity index (χ1) is 9.89. The molecule has 21 heavy (non-hydrogen) atoms. The van der Waals surface area contributed by atoms with Gasteiger partial charge in [-0.3, -0.25) is 4.79 Å². The molecule has 5 heteroatoms. The number of hydrogen-bond donors (Lipinski definition) is 1. The highest BCUT2D eigenvalue weighted by Gasteiger charge is 2.38. The lowest BCUT2D eigenvalue weighted by atomic mass is 9.90. The minimum atomic E-state index is -4.48. The molecule has 0 unspecified atom stereocenters. The summed E-state index contributed by atoms with van der Waals surface area (Å²) in [6.45, 7) is 0. The van der Waals surface area contributed by atoms with E-state index in [1.807, 2.05) is 6.07 Å². The van der Waals surface area contributed by atoms with E-state index in [9.17, 15) is 18.0 Å². The molecule has 1 aromatic carbocycles. The van der Waals surface area contributed by atoms with Gasteiger partial charge in [-0.1, -0.05) is 42.5 Å². The molecule has 1 aliphatic carbocycles. The Hall–Kier alpha value is -1.88. The van der Waals surface area contributed by atoms with Crippen molar-refractivity contribution >= 4 is 5.78 Å². The van der Waals surface area contributed by atoms with E-state index in [1.54, 1.807) is 30.3 Å². The van der Waals surface area contributed by atoms with Crippen LogP contribution < -0.4 is 5.73 Å². The summed E-state index contributed by atoms with van der Waals surface area (Å²) in [5, 5.41) is 0. The Balaban J connectivity index is 2.21. The van der Waals surface area contributed by atoms with Gasteiger partial charge in [0.2, 0.25) is 0 Å². The van der Waals surface area contributed by atoms with Gasteiger partial charge in [0.1, 0.15) is 0 Å². The molecule has 1 aromatic rings. The number of Topliss-reactive ketones (excluding diaryl/α,β-unsaturated/α-hetero) is 1. The molecule has 2 rings (SSSR count). The molecule has 2 nitrogen and oxygen atoms in total. The smallest absolute Gasteiger partial charge is 0.321 e. The van der Waals surface area contributed by atoms with Gasteiger partial charge in [0.25, 0.3) is 0 Å². The number of alkyl halides is 3. The van der Waals surface area contributed by atoms with Crippen LogP contribution >= 0.6 is 0 Å². The zero-order valence-electron chi connectivity index (χ0n) is 11.4. The second kappa shape index (κ2) is 6.26. The minimum Gasteiger partial charge on any atom is -0.321 e. The summed E-state index contributed by atoms with van der Waals surface area (Å²) in [5.41, 5.74) is 5.57. The molecule has 0 saturated carbocycles. The number of rotatable bonds is 4. The molecule has 0 radical (unpaired) electrons. The summed E-state index contributed by atoms with van der Waals surface area (Å²) in [6, 6.07) is 8.04. The average Bonchev–Trinajstić information content (AvgIpc) is 2.46. The molecule has 1 aliphatic rings. The lowest BCUT2D eigenvalue weighted by Gasteiger charge is -2.20. The fourth-order valence-corrected chi connectivity index (χ4v) is 2.35. The predicted molar refractivity (Wildman–Crippen MR) is 74.6 cm³/mol. The molecule has 0 bridgehead atoms. The Kier molecular flexibility index (Phi) is 4.63. The molecular weight excluding hydrogens is 279 g/mol. The van der Waals surface area contributed by atoms with E-state index in [-0.39, 0.29) is 18.4 Å². The van der Waals surface area contributed by atoms with Crippen molar-refractivity contribution in [2.24, 2.45) is 5.73 Å². The van der Waals surface area contributed by atoms with Crippen LogP contribution in [0.4, 0.5) is 13.2 Å². The fourth-order valence-electron chi connectivity index (χ4n) is 2.35. The SMILES string of the molecule is N[C@@H](Cc1ccccc1)C(=O)C1=C(C(F)(F)F)CCC=C1. The number of carbonyl (C=O) groups excluding carboxylic acids is 1. The van der Waals surface area contributed by atoms with Gasteiger partial charge in [0, 0.05) is 11.1 Å². The molecule has 0 saturated heterocycles. The second-order valence-corrected chi connectivity index (χ2v) is 4.99. The zero-order chi connectivity index (χ0) is 15.5. The van der Waals surface area contributed by atoms with E-state index in [0.717, 1.165) is 5.56 Å². The molecule has 112 valence electrons. The third-order valence-electron chi connectivity index (χ3n) is 3.41. The molecule has 0 amide bonds. The van der Waals surface area contributed by atoms with Gasteiger partial charge in [-0.05, 0) is 24.8 Å². The highest BCUT2D eigenvalue weighted by molar-refractivity contribution is 6.02. The normalized spacial score (nSPS) is 17.0. The summed E-state index contributed by atoms with van der Waals surface area (Å²) >= 11 is 0. The van der Waals surface area contributed by atoms with Crippen LogP contribution in [0.25, 0.3) is 0 Å². The van der Waals surface area contributed by atoms with E-state index in [1.165, 1.54) is 6.08 Å². The number of halogens is 3. The number of hydrogen-bond acceptors (Lipinski definition) is 2. The average molecular weight is 295 g/mol. The van der Waals surface area contributed by atoms with Crippen LogP contribution in [0.5, 0.6) is 0 Å². The largest absolute Gasteiger partial charge is 0.413 e. The second-order valence-electron chi connectivity index (χ2n) is 4.99. The Labute approximate surface area is 121 Å². The van der Waals surface area contributed by atoms with E-state index >= 15 is 0 Å². The molecule has 1 atom stereocenters. The maximum Gasteiger partial charge on any atom is 0.413 e. The van der Waals surface area contributed by atoms with E-state index < -0.39 is 23.6 Å². The van der Waals surface area contributed by atoms with Crippen molar-refractivity contribution in [2.75, 3.05) is 0 Å². The Morgan fingerprint density at radius 1 is 1.24 bits per heavy atom. The van der Waals surface area contributed by atoms with Crippen LogP contribution in [0, 0.1) is 0 Å².